The number of hydrogen-bond donors (Lipinski definition) is 0. The summed E-state index contributed by atoms with van der Waals surface area (Å²) in [5, 5.41) is 9.33. The number of hydrogen-bond acceptors (Lipinski definition) is 5. The van der Waals surface area contributed by atoms with Crippen molar-refractivity contribution in [2.75, 3.05) is 6.61 Å². The van der Waals surface area contributed by atoms with E-state index in [1.54, 1.807) is 6.92 Å². The Morgan fingerprint density at radius 2 is 2.19 bits per heavy atom. The van der Waals surface area contributed by atoms with Crippen LogP contribution in [0.3, 0.4) is 0 Å². The molecule has 0 aromatic carbocycles. The summed E-state index contributed by atoms with van der Waals surface area (Å²) >= 11 is 0. The highest BCUT2D eigenvalue weighted by Gasteiger charge is 2.34. The van der Waals surface area contributed by atoms with Crippen LogP contribution in [0.1, 0.15) is 54.4 Å². The minimum Gasteiger partial charge on any atom is -0.483 e. The molecule has 21 heavy (non-hydrogen) atoms. The first kappa shape index (κ1) is 15.2. The summed E-state index contributed by atoms with van der Waals surface area (Å²) in [6.07, 6.45) is 2.48. The smallest absolute Gasteiger partial charge is 0.176 e. The molecule has 1 aromatic heterocycles. The maximum Gasteiger partial charge on any atom is 0.176 e. The molecule has 0 unspecified atom stereocenters. The van der Waals surface area contributed by atoms with Crippen molar-refractivity contribution in [1.29, 1.82) is 5.26 Å². The van der Waals surface area contributed by atoms with Crippen molar-refractivity contribution >= 4 is 18.0 Å². The second-order valence-corrected chi connectivity index (χ2v) is 6.00. The third kappa shape index (κ3) is 2.94. The molecular formula is C16H19N3O2. The fraction of sp³-hybridized carbons (Fsp3) is 0.500. The zero-order valence-corrected chi connectivity index (χ0v) is 12.9. The Bertz CT molecular complexity index is 654. The van der Waals surface area contributed by atoms with E-state index in [9.17, 15) is 10.1 Å². The average Bonchev–Trinajstić information content (AvgIpc) is 2.37. The number of ketones is 1. The number of nitriles is 1. The zero-order chi connectivity index (χ0) is 15.6. The van der Waals surface area contributed by atoms with Crippen LogP contribution in [0, 0.1) is 23.7 Å². The molecule has 5 heteroatoms. The Labute approximate surface area is 124 Å². The van der Waals surface area contributed by atoms with Crippen molar-refractivity contribution in [1.82, 2.24) is 4.98 Å². The lowest BCUT2D eigenvalue weighted by Gasteiger charge is -2.30. The molecule has 0 aliphatic heterocycles. The van der Waals surface area contributed by atoms with Gasteiger partial charge < -0.3 is 4.74 Å². The zero-order valence-electron chi connectivity index (χ0n) is 12.9. The predicted molar refractivity (Wildman–Crippen MR) is 79.9 cm³/mol. The number of carbonyl (C=O) groups excluding carboxylic acids is 1. The van der Waals surface area contributed by atoms with Gasteiger partial charge in [0.2, 0.25) is 0 Å². The number of pyridine rings is 1. The molecule has 110 valence electrons. The summed E-state index contributed by atoms with van der Waals surface area (Å²) < 4.78 is 5.07. The summed E-state index contributed by atoms with van der Waals surface area (Å²) in [7, 11) is 0. The van der Waals surface area contributed by atoms with E-state index in [2.05, 4.69) is 16.0 Å². The number of fused-ring (bicyclic) bond motifs is 1. The number of rotatable bonds is 3. The minimum absolute atomic E-state index is 0.0584. The highest BCUT2D eigenvalue weighted by atomic mass is 16.5. The Kier molecular flexibility index (Phi) is 4.08. The summed E-state index contributed by atoms with van der Waals surface area (Å²) in [6.45, 7) is 8.23. The van der Waals surface area contributed by atoms with Gasteiger partial charge in [-0.05, 0) is 31.2 Å². The Hall–Kier alpha value is -2.22. The van der Waals surface area contributed by atoms with E-state index in [0.29, 0.717) is 42.0 Å². The quantitative estimate of drug-likeness (QED) is 0.631. The summed E-state index contributed by atoms with van der Waals surface area (Å²) in [6, 6.07) is 2.10. The lowest BCUT2D eigenvalue weighted by Crippen LogP contribution is -2.29. The van der Waals surface area contributed by atoms with Gasteiger partial charge in [0.15, 0.2) is 18.0 Å². The molecule has 0 atom stereocenters. The number of aromatic nitrogens is 1. The highest BCUT2D eigenvalue weighted by molar-refractivity contribution is 6.00. The largest absolute Gasteiger partial charge is 0.483 e. The van der Waals surface area contributed by atoms with E-state index in [-0.39, 0.29) is 11.2 Å². The second-order valence-electron chi connectivity index (χ2n) is 6.00. The number of carbonyl (C=O) groups is 1. The maximum absolute atomic E-state index is 12.3. The van der Waals surface area contributed by atoms with Gasteiger partial charge in [-0.2, -0.15) is 10.3 Å². The molecule has 0 saturated carbocycles. The van der Waals surface area contributed by atoms with Crippen LogP contribution in [-0.4, -0.2) is 23.8 Å². The van der Waals surface area contributed by atoms with Crippen molar-refractivity contribution in [2.24, 2.45) is 10.4 Å². The lowest BCUT2D eigenvalue weighted by molar-refractivity contribution is 0.0909. The molecule has 1 aliphatic rings. The number of Topliss-reactive ketones (excluding diaryl/α,β-unsaturated/α-hetero) is 1. The molecule has 0 amide bonds. The summed E-state index contributed by atoms with van der Waals surface area (Å²) in [5.41, 5.74) is 2.24. The lowest BCUT2D eigenvalue weighted by atomic mass is 9.74. The van der Waals surface area contributed by atoms with E-state index in [1.165, 1.54) is 6.40 Å². The van der Waals surface area contributed by atoms with Gasteiger partial charge in [0.05, 0.1) is 12.3 Å². The Morgan fingerprint density at radius 3 is 2.81 bits per heavy atom. The third-order valence-corrected chi connectivity index (χ3v) is 3.59. The van der Waals surface area contributed by atoms with Crippen LogP contribution in [0.15, 0.2) is 4.99 Å². The van der Waals surface area contributed by atoms with Crippen molar-refractivity contribution in [3.63, 3.8) is 0 Å². The van der Waals surface area contributed by atoms with Gasteiger partial charge in [-0.15, -0.1) is 0 Å². The molecule has 1 aliphatic carbocycles. The van der Waals surface area contributed by atoms with Crippen LogP contribution in [0.2, 0.25) is 0 Å². The molecular weight excluding hydrogens is 266 g/mol. The van der Waals surface area contributed by atoms with Crippen LogP contribution in [0.4, 0.5) is 5.82 Å². The standard InChI is InChI=1S/C16H19N3O2/c1-5-21-9-18-15-11(8-17)10(2)14-12(19-15)6-16(3,4)7-13(14)20/h9H,5-7H2,1-4H3. The van der Waals surface area contributed by atoms with Crippen LogP contribution < -0.4 is 0 Å². The van der Waals surface area contributed by atoms with Crippen molar-refractivity contribution in [3.8, 4) is 6.07 Å². The van der Waals surface area contributed by atoms with E-state index >= 15 is 0 Å². The van der Waals surface area contributed by atoms with Crippen molar-refractivity contribution in [2.45, 2.75) is 40.5 Å². The monoisotopic (exact) mass is 285 g/mol. The topological polar surface area (TPSA) is 75.3 Å². The molecule has 1 aromatic rings. The van der Waals surface area contributed by atoms with Crippen LogP contribution in [-0.2, 0) is 11.2 Å². The molecule has 0 bridgehead atoms. The van der Waals surface area contributed by atoms with Crippen LogP contribution in [0.25, 0.3) is 0 Å². The van der Waals surface area contributed by atoms with Crippen LogP contribution >= 0.6 is 0 Å². The van der Waals surface area contributed by atoms with Gasteiger partial charge in [-0.3, -0.25) is 4.79 Å². The molecule has 2 rings (SSSR count). The Balaban J connectivity index is 2.59. The fourth-order valence-electron chi connectivity index (χ4n) is 2.67. The van der Waals surface area contributed by atoms with E-state index < -0.39 is 0 Å². The number of aliphatic imine (C=N–C) groups is 1. The van der Waals surface area contributed by atoms with Crippen LogP contribution in [0.5, 0.6) is 0 Å². The van der Waals surface area contributed by atoms with Gasteiger partial charge in [0.1, 0.15) is 11.6 Å². The molecule has 0 fully saturated rings. The van der Waals surface area contributed by atoms with Crippen molar-refractivity contribution < 1.29 is 9.53 Å². The summed E-state index contributed by atoms with van der Waals surface area (Å²) in [4.78, 5) is 20.9. The molecule has 0 spiro atoms. The molecule has 5 nitrogen and oxygen atoms in total. The SMILES string of the molecule is CCOC=Nc1nc2c(c(C)c1C#N)C(=O)CC(C)(C)C2. The first-order valence-electron chi connectivity index (χ1n) is 7.00. The summed E-state index contributed by atoms with van der Waals surface area (Å²) in [5.74, 6) is 0.385. The second kappa shape index (κ2) is 5.65. The highest BCUT2D eigenvalue weighted by Crippen LogP contribution is 2.37. The molecule has 0 radical (unpaired) electrons. The van der Waals surface area contributed by atoms with Gasteiger partial charge in [0, 0.05) is 12.0 Å². The van der Waals surface area contributed by atoms with Gasteiger partial charge in [-0.1, -0.05) is 13.8 Å². The predicted octanol–water partition coefficient (Wildman–Crippen LogP) is 3.11. The molecule has 0 N–H and O–H groups in total. The average molecular weight is 285 g/mol. The number of nitrogens with zero attached hydrogens (tertiary/aromatic N) is 3. The van der Waals surface area contributed by atoms with Gasteiger partial charge in [0.25, 0.3) is 0 Å². The van der Waals surface area contributed by atoms with E-state index in [4.69, 9.17) is 4.74 Å². The third-order valence-electron chi connectivity index (χ3n) is 3.59. The van der Waals surface area contributed by atoms with Crippen molar-refractivity contribution in [3.05, 3.63) is 22.4 Å². The van der Waals surface area contributed by atoms with Gasteiger partial charge >= 0.3 is 0 Å². The van der Waals surface area contributed by atoms with E-state index in [0.717, 1.165) is 5.69 Å². The first-order valence-corrected chi connectivity index (χ1v) is 7.00. The van der Waals surface area contributed by atoms with Gasteiger partial charge in [-0.25, -0.2) is 4.98 Å². The number of ether oxygens (including phenoxy) is 1. The molecule has 0 saturated heterocycles. The first-order chi connectivity index (χ1) is 9.89. The Morgan fingerprint density at radius 1 is 1.48 bits per heavy atom. The molecule has 1 heterocycles. The maximum atomic E-state index is 12.3. The normalized spacial score (nSPS) is 16.6. The fourth-order valence-corrected chi connectivity index (χ4v) is 2.67. The van der Waals surface area contributed by atoms with E-state index in [1.807, 2.05) is 20.8 Å². The minimum atomic E-state index is -0.113.